The second-order valence-electron chi connectivity index (χ2n) is 3.83. The summed E-state index contributed by atoms with van der Waals surface area (Å²) in [4.78, 5) is 24.5. The van der Waals surface area contributed by atoms with Crippen molar-refractivity contribution in [2.75, 3.05) is 18.5 Å². The summed E-state index contributed by atoms with van der Waals surface area (Å²) in [6.07, 6.45) is 1.20. The fraction of sp³-hybridized carbons (Fsp3) is 0.167. The van der Waals surface area contributed by atoms with Crippen molar-refractivity contribution in [1.29, 1.82) is 0 Å². The Balaban J connectivity index is 2.20. The second kappa shape index (κ2) is 5.73. The molecule has 0 radical (unpaired) electrons. The van der Waals surface area contributed by atoms with Crippen LogP contribution in [0, 0.1) is 0 Å². The van der Waals surface area contributed by atoms with Crippen molar-refractivity contribution < 1.29 is 14.7 Å². The molecule has 100 valence electrons. The molecule has 19 heavy (non-hydrogen) atoms. The Kier molecular flexibility index (Phi) is 4.24. The van der Waals surface area contributed by atoms with E-state index in [4.69, 9.17) is 16.7 Å². The van der Waals surface area contributed by atoms with Crippen LogP contribution in [0.3, 0.4) is 0 Å². The lowest BCUT2D eigenvalue weighted by Crippen LogP contribution is -2.34. The number of hydrogen-bond donors (Lipinski definition) is 2. The largest absolute Gasteiger partial charge is 0.395 e. The number of nitrogens with zero attached hydrogens (tertiary/aromatic N) is 1. The molecular formula is C12H10BrClN2O3. The smallest absolute Gasteiger partial charge is 0.277 e. The monoisotopic (exact) mass is 344 g/mol. The third-order valence-corrected chi connectivity index (χ3v) is 3.46. The maximum atomic E-state index is 11.9. The second-order valence-corrected chi connectivity index (χ2v) is 5.12. The molecule has 0 saturated carbocycles. The molecule has 2 amide bonds. The number of halogens is 2. The first-order chi connectivity index (χ1) is 9.02. The molecule has 0 aliphatic carbocycles. The van der Waals surface area contributed by atoms with Crippen molar-refractivity contribution in [3.63, 3.8) is 0 Å². The number of aliphatic hydroxyl groups is 1. The van der Waals surface area contributed by atoms with Gasteiger partial charge >= 0.3 is 0 Å². The van der Waals surface area contributed by atoms with E-state index < -0.39 is 11.8 Å². The van der Waals surface area contributed by atoms with E-state index in [0.29, 0.717) is 10.7 Å². The Labute approximate surface area is 123 Å². The van der Waals surface area contributed by atoms with Crippen molar-refractivity contribution >= 4 is 45.0 Å². The van der Waals surface area contributed by atoms with Crippen LogP contribution in [0.2, 0.25) is 5.02 Å². The van der Waals surface area contributed by atoms with Crippen LogP contribution in [0.4, 0.5) is 5.69 Å². The Hall–Kier alpha value is -1.37. The summed E-state index contributed by atoms with van der Waals surface area (Å²) < 4.78 is 0.721. The SMILES string of the molecule is O=C1C=C(Nc2cc(Cl)ccc2Br)C(=O)N1CCO. The van der Waals surface area contributed by atoms with Gasteiger partial charge in [0.2, 0.25) is 0 Å². The molecule has 1 aromatic carbocycles. The maximum absolute atomic E-state index is 11.9. The molecule has 5 nitrogen and oxygen atoms in total. The molecule has 0 aromatic heterocycles. The highest BCUT2D eigenvalue weighted by Crippen LogP contribution is 2.28. The zero-order valence-corrected chi connectivity index (χ0v) is 12.0. The minimum Gasteiger partial charge on any atom is -0.395 e. The maximum Gasteiger partial charge on any atom is 0.277 e. The minimum atomic E-state index is -0.467. The number of rotatable bonds is 4. The minimum absolute atomic E-state index is 0.0178. The molecule has 0 fully saturated rings. The fourth-order valence-corrected chi connectivity index (χ4v) is 2.17. The van der Waals surface area contributed by atoms with E-state index in [2.05, 4.69) is 21.2 Å². The molecule has 1 heterocycles. The van der Waals surface area contributed by atoms with E-state index in [1.54, 1.807) is 18.2 Å². The lowest BCUT2D eigenvalue weighted by Gasteiger charge is -2.14. The van der Waals surface area contributed by atoms with Crippen LogP contribution >= 0.6 is 27.5 Å². The van der Waals surface area contributed by atoms with Gasteiger partial charge in [-0.05, 0) is 34.1 Å². The van der Waals surface area contributed by atoms with Crippen molar-refractivity contribution in [2.24, 2.45) is 0 Å². The van der Waals surface area contributed by atoms with Crippen molar-refractivity contribution in [3.05, 3.63) is 39.5 Å². The molecule has 0 atom stereocenters. The number of aliphatic hydroxyl groups excluding tert-OH is 1. The first kappa shape index (κ1) is 14.0. The highest BCUT2D eigenvalue weighted by molar-refractivity contribution is 9.10. The molecular weight excluding hydrogens is 336 g/mol. The third kappa shape index (κ3) is 2.97. The van der Waals surface area contributed by atoms with Gasteiger partial charge in [0, 0.05) is 15.6 Å². The van der Waals surface area contributed by atoms with Gasteiger partial charge < -0.3 is 10.4 Å². The predicted octanol–water partition coefficient (Wildman–Crippen LogP) is 1.76. The predicted molar refractivity (Wildman–Crippen MR) is 74.7 cm³/mol. The van der Waals surface area contributed by atoms with E-state index >= 15 is 0 Å². The summed E-state index contributed by atoms with van der Waals surface area (Å²) in [6.45, 7) is -0.282. The van der Waals surface area contributed by atoms with E-state index in [1.165, 1.54) is 6.08 Å². The van der Waals surface area contributed by atoms with Crippen molar-refractivity contribution in [1.82, 2.24) is 4.90 Å². The van der Waals surface area contributed by atoms with Gasteiger partial charge in [0.25, 0.3) is 11.8 Å². The highest BCUT2D eigenvalue weighted by atomic mass is 79.9. The molecule has 0 bridgehead atoms. The normalized spacial score (nSPS) is 14.9. The van der Waals surface area contributed by atoms with Crippen LogP contribution < -0.4 is 5.32 Å². The van der Waals surface area contributed by atoms with Gasteiger partial charge in [-0.1, -0.05) is 11.6 Å². The number of imide groups is 1. The Bertz CT molecular complexity index is 574. The summed E-state index contributed by atoms with van der Waals surface area (Å²) in [5.41, 5.74) is 0.743. The molecule has 0 saturated heterocycles. The lowest BCUT2D eigenvalue weighted by atomic mass is 10.3. The number of β-amino-alcohol motifs (C(OH)–C–C–N with tert-alkyl or cyclic N) is 1. The van der Waals surface area contributed by atoms with E-state index in [0.717, 1.165) is 9.37 Å². The molecule has 2 N–H and O–H groups in total. The average molecular weight is 346 g/mol. The number of nitrogens with one attached hydrogen (secondary N) is 1. The molecule has 1 aliphatic heterocycles. The van der Waals surface area contributed by atoms with Gasteiger partial charge in [0.15, 0.2) is 0 Å². The van der Waals surface area contributed by atoms with Crippen molar-refractivity contribution in [3.8, 4) is 0 Å². The zero-order chi connectivity index (χ0) is 14.0. The molecule has 7 heteroatoms. The van der Waals surface area contributed by atoms with Gasteiger partial charge in [-0.3, -0.25) is 14.5 Å². The summed E-state index contributed by atoms with van der Waals surface area (Å²) in [7, 11) is 0. The zero-order valence-electron chi connectivity index (χ0n) is 9.69. The topological polar surface area (TPSA) is 69.6 Å². The number of hydrogen-bond acceptors (Lipinski definition) is 4. The van der Waals surface area contributed by atoms with Crippen LogP contribution in [-0.2, 0) is 9.59 Å². The Morgan fingerprint density at radius 1 is 1.37 bits per heavy atom. The summed E-state index contributed by atoms with van der Waals surface area (Å²) in [5.74, 6) is -0.911. The number of carbonyl (C=O) groups is 2. The van der Waals surface area contributed by atoms with E-state index in [-0.39, 0.29) is 18.8 Å². The first-order valence-corrected chi connectivity index (χ1v) is 6.60. The van der Waals surface area contributed by atoms with Gasteiger partial charge in [-0.25, -0.2) is 0 Å². The average Bonchev–Trinajstić information content (AvgIpc) is 2.62. The van der Waals surface area contributed by atoms with Gasteiger partial charge in [0.1, 0.15) is 5.70 Å². The summed E-state index contributed by atoms with van der Waals surface area (Å²) in [6, 6.07) is 5.07. The van der Waals surface area contributed by atoms with Gasteiger partial charge in [0.05, 0.1) is 18.8 Å². The van der Waals surface area contributed by atoms with Crippen molar-refractivity contribution in [2.45, 2.75) is 0 Å². The molecule has 1 aromatic rings. The molecule has 0 spiro atoms. The number of anilines is 1. The standard InChI is InChI=1S/C12H10BrClN2O3/c13-8-2-1-7(14)5-9(8)15-10-6-11(18)16(3-4-17)12(10)19/h1-2,5-6,15,17H,3-4H2. The highest BCUT2D eigenvalue weighted by Gasteiger charge is 2.30. The van der Waals surface area contributed by atoms with E-state index in [1.807, 2.05) is 0 Å². The Morgan fingerprint density at radius 2 is 2.11 bits per heavy atom. The fourth-order valence-electron chi connectivity index (χ4n) is 1.65. The van der Waals surface area contributed by atoms with E-state index in [9.17, 15) is 9.59 Å². The lowest BCUT2D eigenvalue weighted by molar-refractivity contribution is -0.137. The molecule has 0 unspecified atom stereocenters. The number of benzene rings is 1. The summed E-state index contributed by atoms with van der Waals surface area (Å²) in [5, 5.41) is 12.2. The Morgan fingerprint density at radius 3 is 2.79 bits per heavy atom. The molecule has 2 rings (SSSR count). The summed E-state index contributed by atoms with van der Waals surface area (Å²) >= 11 is 9.19. The number of amides is 2. The van der Waals surface area contributed by atoms with Crippen LogP contribution in [0.5, 0.6) is 0 Å². The third-order valence-electron chi connectivity index (χ3n) is 2.53. The quantitative estimate of drug-likeness (QED) is 0.816. The van der Waals surface area contributed by atoms with Crippen LogP contribution in [-0.4, -0.2) is 35.0 Å². The van der Waals surface area contributed by atoms with Crippen LogP contribution in [0.25, 0.3) is 0 Å². The number of carbonyl (C=O) groups excluding carboxylic acids is 2. The van der Waals surface area contributed by atoms with Crippen LogP contribution in [0.1, 0.15) is 0 Å². The van der Waals surface area contributed by atoms with Gasteiger partial charge in [-0.2, -0.15) is 0 Å². The van der Waals surface area contributed by atoms with Crippen LogP contribution in [0.15, 0.2) is 34.4 Å². The first-order valence-electron chi connectivity index (χ1n) is 5.43. The molecule has 1 aliphatic rings. The van der Waals surface area contributed by atoms with Gasteiger partial charge in [-0.15, -0.1) is 0 Å².